The Balaban J connectivity index is 1.63. The van der Waals surface area contributed by atoms with Crippen LogP contribution in [-0.4, -0.2) is 25.8 Å². The van der Waals surface area contributed by atoms with Crippen molar-refractivity contribution in [1.82, 2.24) is 4.31 Å². The minimum Gasteiger partial charge on any atom is -0.223 e. The summed E-state index contributed by atoms with van der Waals surface area (Å²) in [6, 6.07) is 28.1. The van der Waals surface area contributed by atoms with Crippen LogP contribution in [0, 0.1) is 0 Å². The molecule has 0 spiro atoms. The van der Waals surface area contributed by atoms with E-state index in [0.717, 1.165) is 11.1 Å². The molecule has 0 radical (unpaired) electrons. The van der Waals surface area contributed by atoms with Crippen LogP contribution in [0.15, 0.2) is 95.9 Å². The Morgan fingerprint density at radius 3 is 1.43 bits per heavy atom. The van der Waals surface area contributed by atoms with Crippen molar-refractivity contribution in [2.24, 2.45) is 0 Å². The minimum absolute atomic E-state index is 0.197. The molecule has 0 amide bonds. The second kappa shape index (κ2) is 7.32. The van der Waals surface area contributed by atoms with Crippen molar-refractivity contribution < 1.29 is 18.2 Å². The number of rotatable bonds is 4. The maximum absolute atomic E-state index is 13.6. The van der Waals surface area contributed by atoms with Crippen LogP contribution in [0.3, 0.4) is 0 Å². The van der Waals surface area contributed by atoms with Gasteiger partial charge in [-0.05, 0) is 36.1 Å². The first-order valence-electron chi connectivity index (χ1n) is 10.1. The molecule has 0 aromatic heterocycles. The molecule has 0 N–H and O–H groups in total. The number of hydrogen-bond acceptors (Lipinski definition) is 4. The predicted octanol–water partition coefficient (Wildman–Crippen LogP) is 4.22. The number of fused-ring (bicyclic) bond motifs is 4. The van der Waals surface area contributed by atoms with Gasteiger partial charge in [-0.25, -0.2) is 18.2 Å². The first kappa shape index (κ1) is 19.5. The summed E-state index contributed by atoms with van der Waals surface area (Å²) >= 11 is 0. The Hall–Kier alpha value is -2.51. The summed E-state index contributed by atoms with van der Waals surface area (Å²) in [7, 11) is -3.73. The molecule has 2 bridgehead atoms. The van der Waals surface area contributed by atoms with Crippen LogP contribution >= 0.6 is 0 Å². The maximum Gasteiger partial charge on any atom is 0.243 e. The van der Waals surface area contributed by atoms with Gasteiger partial charge in [0, 0.05) is 0 Å². The van der Waals surface area contributed by atoms with E-state index >= 15 is 0 Å². The molecular formula is C24H23NO4S. The summed E-state index contributed by atoms with van der Waals surface area (Å²) in [6.07, 6.45) is 1.32. The molecule has 3 fully saturated rings. The van der Waals surface area contributed by atoms with Gasteiger partial charge >= 0.3 is 0 Å². The Labute approximate surface area is 176 Å². The second-order valence-electron chi connectivity index (χ2n) is 7.97. The zero-order valence-electron chi connectivity index (χ0n) is 16.5. The van der Waals surface area contributed by atoms with Crippen LogP contribution < -0.4 is 0 Å². The SMILES string of the molecule is O=S(=O)(c1ccccc1)N1C[C@]2(c3ccccc3)CC[C@@](c3ccccc3)(C1)OO2. The van der Waals surface area contributed by atoms with Crippen LogP contribution in [0.1, 0.15) is 24.0 Å². The molecule has 30 heavy (non-hydrogen) atoms. The molecule has 3 aromatic rings. The summed E-state index contributed by atoms with van der Waals surface area (Å²) in [6.45, 7) is 0.394. The number of benzene rings is 3. The van der Waals surface area contributed by atoms with Gasteiger partial charge in [0.2, 0.25) is 10.0 Å². The molecule has 0 aliphatic carbocycles. The molecule has 0 saturated carbocycles. The number of sulfonamides is 1. The largest absolute Gasteiger partial charge is 0.243 e. The van der Waals surface area contributed by atoms with Crippen molar-refractivity contribution in [2.75, 3.05) is 13.1 Å². The zero-order chi connectivity index (χ0) is 20.7. The highest BCUT2D eigenvalue weighted by atomic mass is 32.2. The lowest BCUT2D eigenvalue weighted by atomic mass is 9.82. The second-order valence-corrected chi connectivity index (χ2v) is 9.91. The maximum atomic E-state index is 13.6. The summed E-state index contributed by atoms with van der Waals surface area (Å²) < 4.78 is 28.8. The molecular weight excluding hydrogens is 398 g/mol. The fraction of sp³-hybridized carbons (Fsp3) is 0.250. The first-order valence-corrected chi connectivity index (χ1v) is 11.5. The zero-order valence-corrected chi connectivity index (χ0v) is 17.3. The quantitative estimate of drug-likeness (QED) is 0.592. The van der Waals surface area contributed by atoms with E-state index in [1.165, 1.54) is 4.31 Å². The van der Waals surface area contributed by atoms with E-state index in [1.54, 1.807) is 24.3 Å². The lowest BCUT2D eigenvalue weighted by Gasteiger charge is -2.41. The van der Waals surface area contributed by atoms with E-state index in [2.05, 4.69) is 0 Å². The van der Waals surface area contributed by atoms with E-state index < -0.39 is 21.2 Å². The molecule has 3 saturated heterocycles. The molecule has 6 rings (SSSR count). The molecule has 5 nitrogen and oxygen atoms in total. The lowest BCUT2D eigenvalue weighted by molar-refractivity contribution is -0.438. The molecule has 0 unspecified atom stereocenters. The molecule has 154 valence electrons. The monoisotopic (exact) mass is 421 g/mol. The predicted molar refractivity (Wildman–Crippen MR) is 113 cm³/mol. The Kier molecular flexibility index (Phi) is 4.75. The van der Waals surface area contributed by atoms with Crippen molar-refractivity contribution in [3.8, 4) is 0 Å². The Morgan fingerprint density at radius 2 is 1.03 bits per heavy atom. The van der Waals surface area contributed by atoms with Crippen molar-refractivity contribution in [3.63, 3.8) is 0 Å². The highest BCUT2D eigenvalue weighted by Gasteiger charge is 2.55. The van der Waals surface area contributed by atoms with Crippen molar-refractivity contribution in [1.29, 1.82) is 0 Å². The van der Waals surface area contributed by atoms with Crippen LogP contribution in [0.5, 0.6) is 0 Å². The molecule has 6 heteroatoms. The molecule has 3 heterocycles. The van der Waals surface area contributed by atoms with Gasteiger partial charge in [-0.15, -0.1) is 0 Å². The van der Waals surface area contributed by atoms with Gasteiger partial charge in [-0.1, -0.05) is 78.9 Å². The van der Waals surface area contributed by atoms with Gasteiger partial charge in [-0.3, -0.25) is 0 Å². The van der Waals surface area contributed by atoms with Crippen molar-refractivity contribution in [2.45, 2.75) is 28.9 Å². The highest BCUT2D eigenvalue weighted by molar-refractivity contribution is 7.89. The van der Waals surface area contributed by atoms with Crippen molar-refractivity contribution in [3.05, 3.63) is 102 Å². The summed E-state index contributed by atoms with van der Waals surface area (Å²) in [4.78, 5) is 12.5. The Morgan fingerprint density at radius 1 is 0.633 bits per heavy atom. The van der Waals surface area contributed by atoms with E-state index in [9.17, 15) is 8.42 Å². The number of hydrogen-bond donors (Lipinski definition) is 0. The Bertz CT molecular complexity index is 1050. The van der Waals surface area contributed by atoms with Crippen LogP contribution in [0.25, 0.3) is 0 Å². The first-order chi connectivity index (χ1) is 14.5. The van der Waals surface area contributed by atoms with Gasteiger partial charge in [0.1, 0.15) is 11.2 Å². The fourth-order valence-electron chi connectivity index (χ4n) is 4.45. The van der Waals surface area contributed by atoms with Gasteiger partial charge in [0.25, 0.3) is 0 Å². The van der Waals surface area contributed by atoms with Crippen LogP contribution in [-0.2, 0) is 31.0 Å². The normalized spacial score (nSPS) is 26.9. The van der Waals surface area contributed by atoms with Gasteiger partial charge < -0.3 is 0 Å². The average Bonchev–Trinajstić information content (AvgIpc) is 3.11. The minimum atomic E-state index is -3.73. The van der Waals surface area contributed by atoms with Gasteiger partial charge in [0.05, 0.1) is 18.0 Å². The summed E-state index contributed by atoms with van der Waals surface area (Å²) in [5.74, 6) is 0. The van der Waals surface area contributed by atoms with Gasteiger partial charge in [0.15, 0.2) is 0 Å². The topological polar surface area (TPSA) is 55.8 Å². The van der Waals surface area contributed by atoms with E-state index in [1.807, 2.05) is 66.7 Å². The third kappa shape index (κ3) is 3.17. The fourth-order valence-corrected chi connectivity index (χ4v) is 6.00. The standard InChI is InChI=1S/C24H23NO4S/c26-30(27,22-14-8-3-9-15-22)25-18-23(20-10-4-1-5-11-20)16-17-24(19-25,29-28-23)21-12-6-2-7-13-21/h1-15H,16-19H2/t23-,24-/m0/s1. The molecule has 3 aromatic carbocycles. The van der Waals surface area contributed by atoms with E-state index in [-0.39, 0.29) is 18.0 Å². The molecule has 2 atom stereocenters. The third-order valence-electron chi connectivity index (χ3n) is 6.14. The number of nitrogens with zero attached hydrogens (tertiary/aromatic N) is 1. The van der Waals surface area contributed by atoms with Crippen molar-refractivity contribution >= 4 is 10.0 Å². The summed E-state index contributed by atoms with van der Waals surface area (Å²) in [5, 5.41) is 0. The third-order valence-corrected chi connectivity index (χ3v) is 7.94. The van der Waals surface area contributed by atoms with E-state index in [4.69, 9.17) is 9.78 Å². The van der Waals surface area contributed by atoms with Crippen LogP contribution in [0.2, 0.25) is 0 Å². The van der Waals surface area contributed by atoms with Crippen LogP contribution in [0.4, 0.5) is 0 Å². The van der Waals surface area contributed by atoms with E-state index in [0.29, 0.717) is 12.8 Å². The smallest absolute Gasteiger partial charge is 0.223 e. The molecule has 3 aliphatic heterocycles. The van der Waals surface area contributed by atoms with Gasteiger partial charge in [-0.2, -0.15) is 4.31 Å². The summed E-state index contributed by atoms with van der Waals surface area (Å²) in [5.41, 5.74) is 0.138. The molecule has 3 aliphatic rings. The lowest BCUT2D eigenvalue weighted by Crippen LogP contribution is -2.43. The average molecular weight is 422 g/mol. The highest BCUT2D eigenvalue weighted by Crippen LogP contribution is 2.49.